The van der Waals surface area contributed by atoms with Crippen LogP contribution in [0.25, 0.3) is 0 Å². The van der Waals surface area contributed by atoms with Crippen LogP contribution in [0.3, 0.4) is 0 Å². The highest BCUT2D eigenvalue weighted by atomic mass is 32.2. The maximum Gasteiger partial charge on any atom is 0.211 e. The Bertz CT molecular complexity index is 685. The first kappa shape index (κ1) is 20.0. The fraction of sp³-hybridized carbons (Fsp3) is 0.632. The van der Waals surface area contributed by atoms with E-state index in [1.54, 1.807) is 4.31 Å². The molecule has 5 nitrogen and oxygen atoms in total. The minimum atomic E-state index is -3.36. The van der Waals surface area contributed by atoms with Crippen molar-refractivity contribution in [1.29, 1.82) is 0 Å². The molecular weight excluding hydrogens is 338 g/mol. The summed E-state index contributed by atoms with van der Waals surface area (Å²) >= 11 is 0. The van der Waals surface area contributed by atoms with Crippen molar-refractivity contribution >= 4 is 10.0 Å². The van der Waals surface area contributed by atoms with Gasteiger partial charge in [0, 0.05) is 18.5 Å². The third-order valence-corrected chi connectivity index (χ3v) is 5.62. The van der Waals surface area contributed by atoms with Gasteiger partial charge in [-0.15, -0.1) is 0 Å². The maximum absolute atomic E-state index is 12.4. The van der Waals surface area contributed by atoms with Crippen molar-refractivity contribution in [1.82, 2.24) is 4.31 Å². The van der Waals surface area contributed by atoms with E-state index >= 15 is 0 Å². The van der Waals surface area contributed by atoms with Gasteiger partial charge in [0.15, 0.2) is 0 Å². The molecule has 6 heteroatoms. The lowest BCUT2D eigenvalue weighted by atomic mass is 9.89. The van der Waals surface area contributed by atoms with Gasteiger partial charge in [-0.25, -0.2) is 8.42 Å². The van der Waals surface area contributed by atoms with Crippen LogP contribution in [0.15, 0.2) is 18.2 Å². The van der Waals surface area contributed by atoms with Gasteiger partial charge in [0.2, 0.25) is 10.0 Å². The second-order valence-electron chi connectivity index (χ2n) is 7.21. The molecule has 1 radical (unpaired) electrons. The molecule has 1 aromatic rings. The molecule has 2 rings (SSSR count). The fourth-order valence-electron chi connectivity index (χ4n) is 3.18. The second-order valence-corrected chi connectivity index (χ2v) is 9.15. The number of rotatable bonds is 8. The largest absolute Gasteiger partial charge is 0.494 e. The van der Waals surface area contributed by atoms with E-state index in [4.69, 9.17) is 9.47 Å². The topological polar surface area (TPSA) is 55.8 Å². The monoisotopic (exact) mass is 368 g/mol. The molecule has 1 aliphatic rings. The maximum atomic E-state index is 12.4. The quantitative estimate of drug-likeness (QED) is 0.652. The van der Waals surface area contributed by atoms with Crippen LogP contribution in [-0.2, 0) is 10.0 Å². The molecule has 1 heterocycles. The molecule has 0 saturated heterocycles. The summed E-state index contributed by atoms with van der Waals surface area (Å²) in [6.07, 6.45) is 4.42. The van der Waals surface area contributed by atoms with Crippen LogP contribution in [0, 0.1) is 6.92 Å². The molecule has 0 amide bonds. The van der Waals surface area contributed by atoms with Crippen molar-refractivity contribution < 1.29 is 17.9 Å². The van der Waals surface area contributed by atoms with Gasteiger partial charge in [0.25, 0.3) is 0 Å². The number of benzene rings is 1. The zero-order chi connectivity index (χ0) is 18.7. The Morgan fingerprint density at radius 2 is 2.12 bits per heavy atom. The van der Waals surface area contributed by atoms with Crippen LogP contribution in [-0.4, -0.2) is 37.7 Å². The summed E-state index contributed by atoms with van der Waals surface area (Å²) in [7, 11) is -3.36. The molecule has 0 spiro atoms. The molecule has 1 aliphatic heterocycles. The Hall–Kier alpha value is -1.27. The Labute approximate surface area is 152 Å². The smallest absolute Gasteiger partial charge is 0.211 e. The van der Waals surface area contributed by atoms with Gasteiger partial charge >= 0.3 is 0 Å². The Balaban J connectivity index is 2.41. The van der Waals surface area contributed by atoms with E-state index in [0.29, 0.717) is 26.0 Å². The van der Waals surface area contributed by atoms with E-state index < -0.39 is 15.6 Å². The fourth-order valence-corrected chi connectivity index (χ4v) is 4.30. The highest BCUT2D eigenvalue weighted by molar-refractivity contribution is 7.88. The average Bonchev–Trinajstić information content (AvgIpc) is 2.50. The summed E-state index contributed by atoms with van der Waals surface area (Å²) < 4.78 is 38.1. The number of hydrogen-bond acceptors (Lipinski definition) is 4. The highest BCUT2D eigenvalue weighted by Gasteiger charge is 2.39. The van der Waals surface area contributed by atoms with Crippen LogP contribution >= 0.6 is 0 Å². The van der Waals surface area contributed by atoms with Gasteiger partial charge in [-0.05, 0) is 44.9 Å². The molecule has 25 heavy (non-hydrogen) atoms. The summed E-state index contributed by atoms with van der Waals surface area (Å²) in [6.45, 7) is 11.0. The van der Waals surface area contributed by atoms with Crippen LogP contribution in [0.2, 0.25) is 0 Å². The lowest BCUT2D eigenvalue weighted by molar-refractivity contribution is 0.0504. The van der Waals surface area contributed by atoms with E-state index in [-0.39, 0.29) is 6.04 Å². The zero-order valence-corrected chi connectivity index (χ0v) is 16.6. The van der Waals surface area contributed by atoms with E-state index in [9.17, 15) is 8.42 Å². The SMILES string of the molecule is [CH2]CCN(C1CC(C)(C)Oc2ccc(OCCCC)cc21)S(C)(=O)=O. The Morgan fingerprint density at radius 3 is 2.72 bits per heavy atom. The number of unbranched alkanes of at least 4 members (excludes halogenated alkanes) is 1. The highest BCUT2D eigenvalue weighted by Crippen LogP contribution is 2.44. The summed E-state index contributed by atoms with van der Waals surface area (Å²) in [5, 5.41) is 0. The summed E-state index contributed by atoms with van der Waals surface area (Å²) in [5.74, 6) is 1.48. The van der Waals surface area contributed by atoms with Crippen molar-refractivity contribution in [2.24, 2.45) is 0 Å². The predicted molar refractivity (Wildman–Crippen MR) is 100 cm³/mol. The van der Waals surface area contributed by atoms with Crippen molar-refractivity contribution in [3.05, 3.63) is 30.7 Å². The number of ether oxygens (including phenoxy) is 2. The minimum Gasteiger partial charge on any atom is -0.494 e. The molecule has 0 saturated carbocycles. The van der Waals surface area contributed by atoms with Gasteiger partial charge in [0.05, 0.1) is 18.9 Å². The molecule has 0 aromatic heterocycles. The van der Waals surface area contributed by atoms with E-state index in [1.165, 1.54) is 6.26 Å². The van der Waals surface area contributed by atoms with Crippen molar-refractivity contribution in [2.75, 3.05) is 19.4 Å². The Kier molecular flexibility index (Phi) is 6.38. The van der Waals surface area contributed by atoms with Crippen LogP contribution < -0.4 is 9.47 Å². The molecule has 141 valence electrons. The minimum absolute atomic E-state index is 0.273. The lowest BCUT2D eigenvalue weighted by Crippen LogP contribution is -2.43. The first-order chi connectivity index (χ1) is 11.7. The van der Waals surface area contributed by atoms with Gasteiger partial charge < -0.3 is 9.47 Å². The number of sulfonamides is 1. The molecule has 0 bridgehead atoms. The first-order valence-corrected chi connectivity index (χ1v) is 10.7. The molecule has 0 N–H and O–H groups in total. The molecule has 1 atom stereocenters. The van der Waals surface area contributed by atoms with E-state index in [1.807, 2.05) is 32.0 Å². The normalized spacial score (nSPS) is 19.4. The van der Waals surface area contributed by atoms with E-state index in [0.717, 1.165) is 29.9 Å². The number of nitrogens with zero attached hydrogens (tertiary/aromatic N) is 1. The molecule has 1 aromatic carbocycles. The predicted octanol–water partition coefficient (Wildman–Crippen LogP) is 3.95. The van der Waals surface area contributed by atoms with Crippen molar-refractivity contribution in [2.45, 2.75) is 58.1 Å². The summed E-state index contributed by atoms with van der Waals surface area (Å²) in [6, 6.07) is 5.42. The van der Waals surface area contributed by atoms with Gasteiger partial charge in [-0.1, -0.05) is 20.3 Å². The van der Waals surface area contributed by atoms with Gasteiger partial charge in [0.1, 0.15) is 17.1 Å². The standard InChI is InChI=1S/C19H30NO4S/c1-6-8-12-23-15-9-10-18-16(13-15)17(14-19(3,4)24-18)20(11-7-2)25(5,21)22/h9-10,13,17H,2,6-8,11-12,14H2,1,3-5H3. The van der Waals surface area contributed by atoms with Crippen LogP contribution in [0.4, 0.5) is 0 Å². The summed E-state index contributed by atoms with van der Waals surface area (Å²) in [5.41, 5.74) is 0.430. The van der Waals surface area contributed by atoms with Gasteiger partial charge in [-0.3, -0.25) is 0 Å². The van der Waals surface area contributed by atoms with Crippen molar-refractivity contribution in [3.63, 3.8) is 0 Å². The van der Waals surface area contributed by atoms with Crippen molar-refractivity contribution in [3.8, 4) is 11.5 Å². The van der Waals surface area contributed by atoms with Gasteiger partial charge in [-0.2, -0.15) is 4.31 Å². The lowest BCUT2D eigenvalue weighted by Gasteiger charge is -2.41. The second kappa shape index (κ2) is 7.96. The first-order valence-electron chi connectivity index (χ1n) is 8.90. The number of hydrogen-bond donors (Lipinski definition) is 0. The third-order valence-electron chi connectivity index (χ3n) is 4.33. The van der Waals surface area contributed by atoms with Crippen LogP contribution in [0.5, 0.6) is 11.5 Å². The third kappa shape index (κ3) is 5.11. The average molecular weight is 369 g/mol. The van der Waals surface area contributed by atoms with Crippen LogP contribution in [0.1, 0.15) is 58.1 Å². The Morgan fingerprint density at radius 1 is 1.40 bits per heavy atom. The van der Waals surface area contributed by atoms with E-state index in [2.05, 4.69) is 13.8 Å². The number of fused-ring (bicyclic) bond motifs is 1. The molecule has 0 aliphatic carbocycles. The molecular formula is C19H30NO4S. The molecule has 1 unspecified atom stereocenters. The molecule has 0 fully saturated rings. The summed E-state index contributed by atoms with van der Waals surface area (Å²) in [4.78, 5) is 0. The zero-order valence-electron chi connectivity index (χ0n) is 15.7.